The molecule has 2 rings (SSSR count). The Bertz CT molecular complexity index is 678. The minimum atomic E-state index is -3.25. The quantitative estimate of drug-likeness (QED) is 0.546. The van der Waals surface area contributed by atoms with Crippen LogP contribution in [0.3, 0.4) is 0 Å². The van der Waals surface area contributed by atoms with E-state index in [4.69, 9.17) is 14.2 Å². The highest BCUT2D eigenvalue weighted by molar-refractivity contribution is 7.92. The van der Waals surface area contributed by atoms with Gasteiger partial charge < -0.3 is 14.2 Å². The van der Waals surface area contributed by atoms with Crippen molar-refractivity contribution in [2.24, 2.45) is 0 Å². The van der Waals surface area contributed by atoms with E-state index in [1.54, 1.807) is 38.3 Å². The summed E-state index contributed by atoms with van der Waals surface area (Å²) in [5, 5.41) is -0.260. The Labute approximate surface area is 155 Å². The van der Waals surface area contributed by atoms with Gasteiger partial charge in [-0.2, -0.15) is 0 Å². The fourth-order valence-electron chi connectivity index (χ4n) is 2.70. The molecule has 0 amide bonds. The van der Waals surface area contributed by atoms with Crippen molar-refractivity contribution in [3.05, 3.63) is 29.8 Å². The summed E-state index contributed by atoms with van der Waals surface area (Å²) < 4.78 is 40.8. The Kier molecular flexibility index (Phi) is 7.61. The van der Waals surface area contributed by atoms with Crippen molar-refractivity contribution in [3.63, 3.8) is 0 Å². The van der Waals surface area contributed by atoms with Crippen molar-refractivity contribution >= 4 is 15.8 Å². The van der Waals surface area contributed by atoms with E-state index in [1.807, 2.05) is 6.92 Å². The Balaban J connectivity index is 2.19. The normalized spacial score (nSPS) is 16.9. The summed E-state index contributed by atoms with van der Waals surface area (Å²) in [6.45, 7) is 4.50. The first-order chi connectivity index (χ1) is 12.4. The van der Waals surface area contributed by atoms with E-state index in [2.05, 4.69) is 0 Å². The average Bonchev–Trinajstić information content (AvgIpc) is 3.48. The van der Waals surface area contributed by atoms with Gasteiger partial charge in [0.25, 0.3) is 0 Å². The Morgan fingerprint density at radius 2 is 1.85 bits per heavy atom. The molecule has 6 nitrogen and oxygen atoms in total. The summed E-state index contributed by atoms with van der Waals surface area (Å²) in [7, 11) is -1.63. The van der Waals surface area contributed by atoms with Crippen LogP contribution >= 0.6 is 0 Å². The van der Waals surface area contributed by atoms with Gasteiger partial charge in [0.2, 0.25) is 0 Å². The predicted molar refractivity (Wildman–Crippen MR) is 97.7 cm³/mol. The number of hydrogen-bond donors (Lipinski definition) is 0. The summed E-state index contributed by atoms with van der Waals surface area (Å²) >= 11 is 0. The van der Waals surface area contributed by atoms with Crippen LogP contribution in [0.2, 0.25) is 0 Å². The largest absolute Gasteiger partial charge is 0.464 e. The third-order valence-corrected chi connectivity index (χ3v) is 6.68. The molecule has 0 N–H and O–H groups in total. The van der Waals surface area contributed by atoms with Crippen LogP contribution < -0.4 is 0 Å². The first-order valence-electron chi connectivity index (χ1n) is 9.08. The van der Waals surface area contributed by atoms with Gasteiger partial charge in [0.15, 0.2) is 15.9 Å². The minimum absolute atomic E-state index is 0.153. The molecule has 0 aliphatic heterocycles. The van der Waals surface area contributed by atoms with Gasteiger partial charge in [-0.05, 0) is 50.3 Å². The van der Waals surface area contributed by atoms with Gasteiger partial charge in [-0.3, -0.25) is 0 Å². The maximum absolute atomic E-state index is 12.4. The minimum Gasteiger partial charge on any atom is -0.464 e. The number of carbonyl (C=O) groups is 1. The van der Waals surface area contributed by atoms with Crippen LogP contribution in [0.4, 0.5) is 0 Å². The second kappa shape index (κ2) is 9.48. The van der Waals surface area contributed by atoms with Gasteiger partial charge in [-0.25, -0.2) is 13.2 Å². The number of carbonyl (C=O) groups excluding carboxylic acids is 1. The number of methoxy groups -OCH3 is 1. The van der Waals surface area contributed by atoms with Crippen molar-refractivity contribution in [1.29, 1.82) is 0 Å². The molecule has 0 spiro atoms. The molecule has 0 radical (unpaired) electrons. The van der Waals surface area contributed by atoms with E-state index in [1.165, 1.54) is 0 Å². The molecule has 146 valence electrons. The average molecular weight is 384 g/mol. The van der Waals surface area contributed by atoms with Crippen LogP contribution in [-0.2, 0) is 28.8 Å². The molecule has 1 aromatic carbocycles. The van der Waals surface area contributed by atoms with E-state index in [9.17, 15) is 13.2 Å². The van der Waals surface area contributed by atoms with Crippen molar-refractivity contribution in [2.45, 2.75) is 61.9 Å². The molecule has 1 aromatic rings. The fraction of sp³-hybridized carbons (Fsp3) is 0.632. The maximum atomic E-state index is 12.4. The fourth-order valence-corrected chi connectivity index (χ4v) is 4.36. The van der Waals surface area contributed by atoms with Crippen molar-refractivity contribution in [2.75, 3.05) is 20.3 Å². The van der Waals surface area contributed by atoms with Crippen molar-refractivity contribution < 1.29 is 27.4 Å². The van der Waals surface area contributed by atoms with E-state index in [0.29, 0.717) is 18.6 Å². The van der Waals surface area contributed by atoms with Crippen LogP contribution in [0.15, 0.2) is 29.2 Å². The SMILES string of the molecule is CCOC(=O)C(OC(CC)CCOC)c1ccc(S(=O)(=O)C2CC2)cc1. The molecule has 2 atom stereocenters. The molecule has 0 bridgehead atoms. The molecule has 1 saturated carbocycles. The topological polar surface area (TPSA) is 78.9 Å². The second-order valence-electron chi connectivity index (χ2n) is 6.39. The standard InChI is InChI=1S/C19H28O6S/c1-4-15(12-13-23-3)25-18(19(20)24-5-2)14-6-8-16(9-7-14)26(21,22)17-10-11-17/h6-9,15,17-18H,4-5,10-13H2,1-3H3. The molecule has 26 heavy (non-hydrogen) atoms. The van der Waals surface area contributed by atoms with E-state index >= 15 is 0 Å². The monoisotopic (exact) mass is 384 g/mol. The summed E-state index contributed by atoms with van der Waals surface area (Å²) in [6, 6.07) is 6.38. The van der Waals surface area contributed by atoms with Gasteiger partial charge in [0.1, 0.15) is 0 Å². The summed E-state index contributed by atoms with van der Waals surface area (Å²) in [6.07, 6.45) is 1.80. The van der Waals surface area contributed by atoms with Gasteiger partial charge in [-0.15, -0.1) is 0 Å². The number of hydrogen-bond acceptors (Lipinski definition) is 6. The highest BCUT2D eigenvalue weighted by Crippen LogP contribution is 2.34. The van der Waals surface area contributed by atoms with Gasteiger partial charge >= 0.3 is 5.97 Å². The number of rotatable bonds is 11. The van der Waals surface area contributed by atoms with E-state index < -0.39 is 21.9 Å². The molecular formula is C19H28O6S. The zero-order chi connectivity index (χ0) is 19.2. The molecule has 7 heteroatoms. The van der Waals surface area contributed by atoms with Gasteiger partial charge in [0.05, 0.1) is 22.9 Å². The van der Waals surface area contributed by atoms with Crippen LogP contribution in [0.1, 0.15) is 51.2 Å². The highest BCUT2D eigenvalue weighted by Gasteiger charge is 2.37. The lowest BCUT2D eigenvalue weighted by atomic mass is 10.1. The molecule has 1 aliphatic rings. The first-order valence-corrected chi connectivity index (χ1v) is 10.6. The van der Waals surface area contributed by atoms with E-state index in [-0.39, 0.29) is 22.9 Å². The zero-order valence-corrected chi connectivity index (χ0v) is 16.5. The molecule has 1 aliphatic carbocycles. The molecule has 0 aromatic heterocycles. The summed E-state index contributed by atoms with van der Waals surface area (Å²) in [4.78, 5) is 12.7. The van der Waals surface area contributed by atoms with Crippen LogP contribution in [0.5, 0.6) is 0 Å². The number of sulfone groups is 1. The molecule has 0 saturated heterocycles. The van der Waals surface area contributed by atoms with Crippen LogP contribution in [0.25, 0.3) is 0 Å². The number of ether oxygens (including phenoxy) is 3. The summed E-state index contributed by atoms with van der Waals surface area (Å²) in [5.41, 5.74) is 0.592. The van der Waals surface area contributed by atoms with Crippen LogP contribution in [0, 0.1) is 0 Å². The molecule has 2 unspecified atom stereocenters. The van der Waals surface area contributed by atoms with E-state index in [0.717, 1.165) is 19.3 Å². The predicted octanol–water partition coefficient (Wildman–Crippen LogP) is 3.06. The first kappa shape index (κ1) is 20.9. The third kappa shape index (κ3) is 5.28. The van der Waals surface area contributed by atoms with Crippen molar-refractivity contribution in [1.82, 2.24) is 0 Å². The Hall–Kier alpha value is -1.44. The Morgan fingerprint density at radius 3 is 2.35 bits per heavy atom. The smallest absolute Gasteiger partial charge is 0.339 e. The lowest BCUT2D eigenvalue weighted by molar-refractivity contribution is -0.162. The maximum Gasteiger partial charge on any atom is 0.339 e. The molecule has 1 fully saturated rings. The van der Waals surface area contributed by atoms with Crippen molar-refractivity contribution in [3.8, 4) is 0 Å². The van der Waals surface area contributed by atoms with Gasteiger partial charge in [-0.1, -0.05) is 19.1 Å². The number of benzene rings is 1. The Morgan fingerprint density at radius 1 is 1.19 bits per heavy atom. The lowest BCUT2D eigenvalue weighted by Gasteiger charge is -2.23. The van der Waals surface area contributed by atoms with Crippen LogP contribution in [-0.4, -0.2) is 46.1 Å². The second-order valence-corrected chi connectivity index (χ2v) is 8.62. The summed E-state index contributed by atoms with van der Waals surface area (Å²) in [5.74, 6) is -0.471. The lowest BCUT2D eigenvalue weighted by Crippen LogP contribution is -2.25. The number of esters is 1. The highest BCUT2D eigenvalue weighted by atomic mass is 32.2. The van der Waals surface area contributed by atoms with Gasteiger partial charge in [0, 0.05) is 13.7 Å². The third-order valence-electron chi connectivity index (χ3n) is 4.40. The zero-order valence-electron chi connectivity index (χ0n) is 15.6. The molecule has 0 heterocycles. The molecular weight excluding hydrogens is 356 g/mol.